The Hall–Kier alpha value is -3.30. The van der Waals surface area contributed by atoms with Gasteiger partial charge >= 0.3 is 6.09 Å². The molecule has 0 radical (unpaired) electrons. The number of anilines is 3. The summed E-state index contributed by atoms with van der Waals surface area (Å²) < 4.78 is 16.4. The molecule has 4 N–H and O–H groups in total. The first-order valence-corrected chi connectivity index (χ1v) is 10.6. The highest BCUT2D eigenvalue weighted by Gasteiger charge is 2.28. The number of aromatic nitrogens is 2. The van der Waals surface area contributed by atoms with Gasteiger partial charge in [0.1, 0.15) is 24.2 Å². The van der Waals surface area contributed by atoms with E-state index in [1.54, 1.807) is 18.5 Å². The van der Waals surface area contributed by atoms with E-state index in [0.717, 1.165) is 39.7 Å². The van der Waals surface area contributed by atoms with Crippen LogP contribution >= 0.6 is 12.4 Å². The number of nitrogens with one attached hydrogen (secondary N) is 2. The van der Waals surface area contributed by atoms with Gasteiger partial charge in [0.25, 0.3) is 0 Å². The normalized spacial score (nSPS) is 19.1. The monoisotopic (exact) mass is 471 g/mol. The van der Waals surface area contributed by atoms with E-state index < -0.39 is 6.09 Å². The molecule has 0 spiro atoms. The van der Waals surface area contributed by atoms with Crippen LogP contribution in [-0.2, 0) is 9.47 Å². The fourth-order valence-electron chi connectivity index (χ4n) is 4.09. The maximum atomic E-state index is 12.3. The Morgan fingerprint density at radius 2 is 2.09 bits per heavy atom. The van der Waals surface area contributed by atoms with Crippen molar-refractivity contribution >= 4 is 46.5 Å². The van der Waals surface area contributed by atoms with Gasteiger partial charge in [0.2, 0.25) is 5.88 Å². The van der Waals surface area contributed by atoms with Crippen molar-refractivity contribution in [2.75, 3.05) is 42.7 Å². The van der Waals surface area contributed by atoms with Gasteiger partial charge in [0, 0.05) is 41.5 Å². The third kappa shape index (κ3) is 4.46. The van der Waals surface area contributed by atoms with Crippen LogP contribution in [-0.4, -0.2) is 48.5 Å². The molecule has 1 fully saturated rings. The quantitative estimate of drug-likeness (QED) is 0.490. The predicted molar refractivity (Wildman–Crippen MR) is 129 cm³/mol. The van der Waals surface area contributed by atoms with Crippen LogP contribution in [0.3, 0.4) is 0 Å². The molecule has 0 saturated carbocycles. The maximum absolute atomic E-state index is 12.3. The van der Waals surface area contributed by atoms with E-state index in [2.05, 4.69) is 20.6 Å². The second-order valence-corrected chi connectivity index (χ2v) is 8.19. The van der Waals surface area contributed by atoms with Gasteiger partial charge in [-0.25, -0.2) is 14.8 Å². The zero-order valence-electron chi connectivity index (χ0n) is 18.4. The van der Waals surface area contributed by atoms with Crippen LogP contribution in [0.1, 0.15) is 12.5 Å². The summed E-state index contributed by atoms with van der Waals surface area (Å²) in [7, 11) is 0. The Balaban J connectivity index is 0.00000259. The summed E-state index contributed by atoms with van der Waals surface area (Å²) in [5, 5.41) is 7.71. The lowest BCUT2D eigenvalue weighted by atomic mass is 9.98. The number of nitrogen functional groups attached to an aromatic ring is 1. The summed E-state index contributed by atoms with van der Waals surface area (Å²) in [6.45, 7) is 6.35. The molecule has 3 aromatic rings. The number of rotatable bonds is 3. The summed E-state index contributed by atoms with van der Waals surface area (Å²) >= 11 is 0. The van der Waals surface area contributed by atoms with Gasteiger partial charge in [-0.1, -0.05) is 6.92 Å². The molecular weight excluding hydrogens is 446 g/mol. The first-order valence-electron chi connectivity index (χ1n) is 10.6. The standard InChI is InChI=1S/C23H25N5O4.ClH/c1-12-10-30-11-19(12)32-23(29)28-20-7-15-5-14(6-18(24)17(15)9-26-20)16-8-27-22-21(13(16)2)25-3-4-31-22;/h5-9,12,19,25H,3-4,10-11,24H2,1-2H3,(H,26,28,29);1H/t12-,19-;/m1./s1. The SMILES string of the molecule is Cc1c(-c2cc(N)c3cnc(NC(=O)O[C@@H]4COC[C@H]4C)cc3c2)cnc2c1NCCO2.Cl. The molecule has 0 bridgehead atoms. The van der Waals surface area contributed by atoms with E-state index in [0.29, 0.717) is 37.2 Å². The molecule has 2 aliphatic heterocycles. The molecule has 174 valence electrons. The van der Waals surface area contributed by atoms with Gasteiger partial charge in [0.05, 0.1) is 13.2 Å². The number of hydrogen-bond acceptors (Lipinski definition) is 8. The molecule has 2 aromatic heterocycles. The highest BCUT2D eigenvalue weighted by Crippen LogP contribution is 2.37. The fourth-order valence-corrected chi connectivity index (χ4v) is 4.09. The van der Waals surface area contributed by atoms with Crippen LogP contribution < -0.4 is 21.1 Å². The van der Waals surface area contributed by atoms with Gasteiger partial charge in [-0.05, 0) is 41.6 Å². The van der Waals surface area contributed by atoms with Crippen molar-refractivity contribution in [3.8, 4) is 17.0 Å². The molecule has 4 heterocycles. The number of nitrogens with zero attached hydrogens (tertiary/aromatic N) is 2. The van der Waals surface area contributed by atoms with Crippen molar-refractivity contribution in [1.29, 1.82) is 0 Å². The van der Waals surface area contributed by atoms with Crippen LogP contribution in [0.5, 0.6) is 5.88 Å². The van der Waals surface area contributed by atoms with Crippen molar-refractivity contribution in [3.63, 3.8) is 0 Å². The minimum atomic E-state index is -0.552. The molecule has 1 aromatic carbocycles. The zero-order valence-corrected chi connectivity index (χ0v) is 19.2. The Labute approximate surface area is 197 Å². The summed E-state index contributed by atoms with van der Waals surface area (Å²) in [6, 6.07) is 5.71. The van der Waals surface area contributed by atoms with Crippen LogP contribution in [0.2, 0.25) is 0 Å². The average Bonchev–Trinajstić information content (AvgIpc) is 3.18. The lowest BCUT2D eigenvalue weighted by molar-refractivity contribution is 0.0843. The van der Waals surface area contributed by atoms with Gasteiger partial charge in [-0.15, -0.1) is 12.4 Å². The number of ether oxygens (including phenoxy) is 3. The minimum Gasteiger partial charge on any atom is -0.474 e. The van der Waals surface area contributed by atoms with Crippen LogP contribution in [0, 0.1) is 12.8 Å². The highest BCUT2D eigenvalue weighted by atomic mass is 35.5. The first-order chi connectivity index (χ1) is 15.5. The minimum absolute atomic E-state index is 0. The largest absolute Gasteiger partial charge is 0.474 e. The lowest BCUT2D eigenvalue weighted by Crippen LogP contribution is -2.27. The maximum Gasteiger partial charge on any atom is 0.413 e. The molecule has 9 nitrogen and oxygen atoms in total. The van der Waals surface area contributed by atoms with E-state index in [4.69, 9.17) is 19.9 Å². The lowest BCUT2D eigenvalue weighted by Gasteiger charge is -2.21. The van der Waals surface area contributed by atoms with Crippen molar-refractivity contribution in [2.24, 2.45) is 5.92 Å². The number of carbonyl (C=O) groups excluding carboxylic acids is 1. The molecule has 10 heteroatoms. The smallest absolute Gasteiger partial charge is 0.413 e. The fraction of sp³-hybridized carbons (Fsp3) is 0.348. The summed E-state index contributed by atoms with van der Waals surface area (Å²) in [5.41, 5.74) is 10.7. The van der Waals surface area contributed by atoms with Crippen molar-refractivity contribution in [2.45, 2.75) is 20.0 Å². The van der Waals surface area contributed by atoms with Crippen LogP contribution in [0.4, 0.5) is 22.0 Å². The van der Waals surface area contributed by atoms with Gasteiger partial charge < -0.3 is 25.3 Å². The number of hydrogen-bond donors (Lipinski definition) is 3. The Morgan fingerprint density at radius 3 is 2.88 bits per heavy atom. The topological polar surface area (TPSA) is 121 Å². The molecule has 2 aliphatic rings. The summed E-state index contributed by atoms with van der Waals surface area (Å²) in [5.74, 6) is 1.17. The Kier molecular flexibility index (Phi) is 6.44. The second-order valence-electron chi connectivity index (χ2n) is 8.19. The van der Waals surface area contributed by atoms with Gasteiger partial charge in [0.15, 0.2) is 0 Å². The van der Waals surface area contributed by atoms with E-state index in [9.17, 15) is 4.79 Å². The summed E-state index contributed by atoms with van der Waals surface area (Å²) in [4.78, 5) is 21.1. The predicted octanol–water partition coefficient (Wildman–Crippen LogP) is 4.00. The highest BCUT2D eigenvalue weighted by molar-refractivity contribution is 5.99. The zero-order chi connectivity index (χ0) is 22.2. The average molecular weight is 472 g/mol. The number of amides is 1. The summed E-state index contributed by atoms with van der Waals surface area (Å²) in [6.07, 6.45) is 2.64. The van der Waals surface area contributed by atoms with Crippen molar-refractivity contribution in [1.82, 2.24) is 9.97 Å². The Bertz CT molecular complexity index is 1210. The van der Waals surface area contributed by atoms with Crippen LogP contribution in [0.25, 0.3) is 21.9 Å². The molecule has 0 unspecified atom stereocenters. The van der Waals surface area contributed by atoms with Crippen molar-refractivity contribution in [3.05, 3.63) is 36.2 Å². The number of fused-ring (bicyclic) bond motifs is 2. The molecule has 33 heavy (non-hydrogen) atoms. The molecule has 1 amide bonds. The van der Waals surface area contributed by atoms with Gasteiger partial charge in [-0.2, -0.15) is 0 Å². The number of pyridine rings is 2. The van der Waals surface area contributed by atoms with E-state index in [1.807, 2.05) is 26.0 Å². The molecule has 5 rings (SSSR count). The number of carbonyl (C=O) groups is 1. The Morgan fingerprint density at radius 1 is 1.24 bits per heavy atom. The van der Waals surface area contributed by atoms with Crippen molar-refractivity contribution < 1.29 is 19.0 Å². The third-order valence-corrected chi connectivity index (χ3v) is 5.91. The third-order valence-electron chi connectivity index (χ3n) is 5.91. The van der Waals surface area contributed by atoms with E-state index >= 15 is 0 Å². The number of nitrogens with two attached hydrogens (primary N) is 1. The number of halogens is 1. The second kappa shape index (κ2) is 9.29. The molecule has 2 atom stereocenters. The van der Waals surface area contributed by atoms with E-state index in [1.165, 1.54) is 0 Å². The van der Waals surface area contributed by atoms with Gasteiger partial charge in [-0.3, -0.25) is 5.32 Å². The molecular formula is C23H26ClN5O4. The van der Waals surface area contributed by atoms with Crippen LogP contribution in [0.15, 0.2) is 30.6 Å². The van der Waals surface area contributed by atoms with E-state index in [-0.39, 0.29) is 24.4 Å². The first kappa shape index (κ1) is 22.9. The molecule has 1 saturated heterocycles. The molecule has 0 aliphatic carbocycles. The number of benzene rings is 1.